The predicted octanol–water partition coefficient (Wildman–Crippen LogP) is 16.0. The van der Waals surface area contributed by atoms with Gasteiger partial charge >= 0.3 is 17.9 Å². The van der Waals surface area contributed by atoms with Crippen LogP contribution in [0.1, 0.15) is 265 Å². The van der Waals surface area contributed by atoms with E-state index in [-0.39, 0.29) is 31.1 Å². The highest BCUT2D eigenvalue weighted by molar-refractivity contribution is 5.71. The van der Waals surface area contributed by atoms with Crippen LogP contribution in [-0.4, -0.2) is 37.2 Å². The largest absolute Gasteiger partial charge is 0.462 e. The monoisotopic (exact) mass is 803 g/mol. The van der Waals surface area contributed by atoms with Crippen LogP contribution in [0.25, 0.3) is 0 Å². The molecule has 6 heteroatoms. The highest BCUT2D eigenvalue weighted by atomic mass is 16.6. The molecule has 0 heterocycles. The van der Waals surface area contributed by atoms with E-state index in [1.54, 1.807) is 0 Å². The Kier molecular flexibility index (Phi) is 44.9. The van der Waals surface area contributed by atoms with Gasteiger partial charge in [-0.3, -0.25) is 14.4 Å². The van der Waals surface area contributed by atoms with Crippen molar-refractivity contribution >= 4 is 17.9 Å². The molecule has 0 aromatic heterocycles. The zero-order valence-electron chi connectivity index (χ0n) is 38.1. The average Bonchev–Trinajstić information content (AvgIpc) is 3.21. The lowest BCUT2D eigenvalue weighted by Crippen LogP contribution is -2.30. The number of carbonyl (C=O) groups is 3. The van der Waals surface area contributed by atoms with Gasteiger partial charge in [-0.2, -0.15) is 0 Å². The van der Waals surface area contributed by atoms with Crippen molar-refractivity contribution in [2.45, 2.75) is 271 Å². The van der Waals surface area contributed by atoms with E-state index in [1.165, 1.54) is 148 Å². The maximum atomic E-state index is 12.7. The van der Waals surface area contributed by atoms with Crippen LogP contribution < -0.4 is 0 Å². The summed E-state index contributed by atoms with van der Waals surface area (Å²) in [5.41, 5.74) is 0. The van der Waals surface area contributed by atoms with Crippen LogP contribution in [0.2, 0.25) is 0 Å². The van der Waals surface area contributed by atoms with E-state index in [9.17, 15) is 14.4 Å². The van der Waals surface area contributed by atoms with Crippen molar-refractivity contribution in [2.24, 2.45) is 0 Å². The normalized spacial score (nSPS) is 12.1. The molecule has 0 aromatic carbocycles. The molecule has 0 bridgehead atoms. The Morgan fingerprint density at radius 1 is 0.351 bits per heavy atom. The minimum Gasteiger partial charge on any atom is -0.462 e. The van der Waals surface area contributed by atoms with E-state index >= 15 is 0 Å². The molecule has 1 atom stereocenters. The second kappa shape index (κ2) is 46.6. The van der Waals surface area contributed by atoms with Gasteiger partial charge in [0.25, 0.3) is 0 Å². The van der Waals surface area contributed by atoms with Crippen LogP contribution in [0.5, 0.6) is 0 Å². The number of allylic oxidation sites excluding steroid dienone is 4. The first-order valence-corrected chi connectivity index (χ1v) is 24.8. The molecular weight excluding hydrogens is 709 g/mol. The van der Waals surface area contributed by atoms with E-state index in [4.69, 9.17) is 14.2 Å². The molecule has 0 aliphatic carbocycles. The van der Waals surface area contributed by atoms with E-state index in [1.807, 2.05) is 0 Å². The fraction of sp³-hybridized carbons (Fsp3) is 0.863. The van der Waals surface area contributed by atoms with Gasteiger partial charge in [-0.05, 0) is 51.4 Å². The SMILES string of the molecule is CCCCCC/C=C\C/C=C\CCCCCCCC(=O)OCC(COC(=O)CCCCCCCCC)OC(=O)CCCCCCCCCCCCCCCCCC. The Morgan fingerprint density at radius 2 is 0.632 bits per heavy atom. The van der Waals surface area contributed by atoms with Crippen LogP contribution >= 0.6 is 0 Å². The van der Waals surface area contributed by atoms with E-state index in [2.05, 4.69) is 45.1 Å². The molecule has 0 aliphatic heterocycles. The molecule has 0 saturated carbocycles. The minimum atomic E-state index is -0.769. The molecule has 0 aliphatic rings. The Labute approximate surface area is 353 Å². The Bertz CT molecular complexity index is 927. The first kappa shape index (κ1) is 54.9. The molecule has 0 radical (unpaired) electrons. The van der Waals surface area contributed by atoms with Crippen LogP contribution in [0.15, 0.2) is 24.3 Å². The van der Waals surface area contributed by atoms with Crippen molar-refractivity contribution in [3.05, 3.63) is 24.3 Å². The number of hydrogen-bond acceptors (Lipinski definition) is 6. The molecule has 6 nitrogen and oxygen atoms in total. The van der Waals surface area contributed by atoms with Gasteiger partial charge < -0.3 is 14.2 Å². The summed E-state index contributed by atoms with van der Waals surface area (Å²) in [4.78, 5) is 37.7. The third-order valence-electron chi connectivity index (χ3n) is 11.0. The molecule has 1 unspecified atom stereocenters. The highest BCUT2D eigenvalue weighted by Crippen LogP contribution is 2.15. The summed E-state index contributed by atoms with van der Waals surface area (Å²) in [7, 11) is 0. The van der Waals surface area contributed by atoms with Crippen molar-refractivity contribution in [1.29, 1.82) is 0 Å². The van der Waals surface area contributed by atoms with Gasteiger partial charge in [0, 0.05) is 19.3 Å². The van der Waals surface area contributed by atoms with Crippen molar-refractivity contribution in [3.8, 4) is 0 Å². The van der Waals surface area contributed by atoms with E-state index in [0.717, 1.165) is 77.0 Å². The standard InChI is InChI=1S/C51H94O6/c1-4-7-10-13-16-18-20-22-24-26-28-30-32-35-38-41-44-50(53)56-47-48(46-55-49(52)43-40-37-34-15-12-9-6-3)57-51(54)45-42-39-36-33-31-29-27-25-23-21-19-17-14-11-8-5-2/h18,20,24,26,48H,4-17,19,21-23,25,27-47H2,1-3H3/b20-18-,26-24-. The molecule has 0 aromatic rings. The van der Waals surface area contributed by atoms with Crippen LogP contribution in [-0.2, 0) is 28.6 Å². The molecule has 0 spiro atoms. The van der Waals surface area contributed by atoms with Crippen molar-refractivity contribution < 1.29 is 28.6 Å². The molecule has 0 N–H and O–H groups in total. The van der Waals surface area contributed by atoms with Gasteiger partial charge in [0.15, 0.2) is 6.10 Å². The van der Waals surface area contributed by atoms with Gasteiger partial charge in [-0.25, -0.2) is 0 Å². The maximum absolute atomic E-state index is 12.7. The lowest BCUT2D eigenvalue weighted by molar-refractivity contribution is -0.167. The summed E-state index contributed by atoms with van der Waals surface area (Å²) in [5.74, 6) is -0.882. The summed E-state index contributed by atoms with van der Waals surface area (Å²) >= 11 is 0. The summed E-state index contributed by atoms with van der Waals surface area (Å²) in [6.45, 7) is 6.59. The van der Waals surface area contributed by atoms with Crippen molar-refractivity contribution in [2.75, 3.05) is 13.2 Å². The Morgan fingerprint density at radius 3 is 0.982 bits per heavy atom. The molecule has 0 amide bonds. The van der Waals surface area contributed by atoms with Gasteiger partial charge in [0.2, 0.25) is 0 Å². The molecule has 0 rings (SSSR count). The van der Waals surface area contributed by atoms with Gasteiger partial charge in [0.1, 0.15) is 13.2 Å². The second-order valence-electron chi connectivity index (χ2n) is 16.7. The highest BCUT2D eigenvalue weighted by Gasteiger charge is 2.19. The minimum absolute atomic E-state index is 0.0723. The number of unbranched alkanes of at least 4 members (excludes halogenated alkanes) is 30. The number of ether oxygens (including phenoxy) is 3. The van der Waals surface area contributed by atoms with Crippen LogP contribution in [0.3, 0.4) is 0 Å². The second-order valence-corrected chi connectivity index (χ2v) is 16.7. The smallest absolute Gasteiger partial charge is 0.306 e. The summed E-state index contributed by atoms with van der Waals surface area (Å²) in [5, 5.41) is 0. The predicted molar refractivity (Wildman–Crippen MR) is 243 cm³/mol. The Balaban J connectivity index is 4.26. The summed E-state index contributed by atoms with van der Waals surface area (Å²) in [6.07, 6.45) is 51.7. The topological polar surface area (TPSA) is 78.9 Å². The number of rotatable bonds is 45. The quantitative estimate of drug-likeness (QED) is 0.0264. The molecule has 57 heavy (non-hydrogen) atoms. The van der Waals surface area contributed by atoms with Crippen molar-refractivity contribution in [1.82, 2.24) is 0 Å². The third kappa shape index (κ3) is 44.8. The maximum Gasteiger partial charge on any atom is 0.306 e. The molecule has 334 valence electrons. The average molecular weight is 803 g/mol. The summed E-state index contributed by atoms with van der Waals surface area (Å²) in [6, 6.07) is 0. The molecular formula is C51H94O6. The zero-order valence-corrected chi connectivity index (χ0v) is 38.1. The fourth-order valence-electron chi connectivity index (χ4n) is 7.18. The van der Waals surface area contributed by atoms with Crippen LogP contribution in [0, 0.1) is 0 Å². The zero-order chi connectivity index (χ0) is 41.5. The first-order valence-electron chi connectivity index (χ1n) is 24.8. The van der Waals surface area contributed by atoms with Gasteiger partial charge in [-0.15, -0.1) is 0 Å². The lowest BCUT2D eigenvalue weighted by atomic mass is 10.0. The lowest BCUT2D eigenvalue weighted by Gasteiger charge is -2.18. The molecule has 0 fully saturated rings. The van der Waals surface area contributed by atoms with E-state index < -0.39 is 6.10 Å². The van der Waals surface area contributed by atoms with Gasteiger partial charge in [0.05, 0.1) is 0 Å². The first-order chi connectivity index (χ1) is 28.0. The molecule has 0 saturated heterocycles. The number of hydrogen-bond donors (Lipinski definition) is 0. The van der Waals surface area contributed by atoms with Gasteiger partial charge in [-0.1, -0.05) is 218 Å². The number of esters is 3. The number of carbonyl (C=O) groups excluding carboxylic acids is 3. The Hall–Kier alpha value is -2.11. The fourth-order valence-corrected chi connectivity index (χ4v) is 7.18. The van der Waals surface area contributed by atoms with Crippen molar-refractivity contribution in [3.63, 3.8) is 0 Å². The van der Waals surface area contributed by atoms with E-state index in [0.29, 0.717) is 19.3 Å². The van der Waals surface area contributed by atoms with Crippen LogP contribution in [0.4, 0.5) is 0 Å². The third-order valence-corrected chi connectivity index (χ3v) is 11.0. The summed E-state index contributed by atoms with van der Waals surface area (Å²) < 4.78 is 16.7.